The molecule has 4 heterocycles. The van der Waals surface area contributed by atoms with Gasteiger partial charge in [-0.25, -0.2) is 9.78 Å². The summed E-state index contributed by atoms with van der Waals surface area (Å²) in [6, 6.07) is 4.25. The lowest BCUT2D eigenvalue weighted by atomic mass is 9.73. The Morgan fingerprint density at radius 3 is 2.69 bits per heavy atom. The van der Waals surface area contributed by atoms with Crippen LogP contribution >= 0.6 is 0 Å². The number of aromatic nitrogens is 3. The highest BCUT2D eigenvalue weighted by Crippen LogP contribution is 2.38. The number of carboxylic acids is 1. The highest BCUT2D eigenvalue weighted by atomic mass is 16.6. The number of aryl methyl sites for hydroxylation is 3. The molecule has 0 aliphatic carbocycles. The predicted molar refractivity (Wildman–Crippen MR) is 133 cm³/mol. The number of hydrogen-bond acceptors (Lipinski definition) is 8. The summed E-state index contributed by atoms with van der Waals surface area (Å²) in [6.07, 6.45) is 5.62. The van der Waals surface area contributed by atoms with Gasteiger partial charge in [-0.15, -0.1) is 0 Å². The van der Waals surface area contributed by atoms with Crippen molar-refractivity contribution in [2.24, 2.45) is 5.41 Å². The quantitative estimate of drug-likeness (QED) is 0.552. The third-order valence-corrected chi connectivity index (χ3v) is 6.82. The molecule has 2 aliphatic rings. The molecule has 4 rings (SSSR count). The zero-order chi connectivity index (χ0) is 25.8. The molecule has 0 spiro atoms. The Kier molecular flexibility index (Phi) is 7.80. The van der Waals surface area contributed by atoms with E-state index in [1.807, 2.05) is 20.8 Å². The van der Waals surface area contributed by atoms with Gasteiger partial charge in [0.05, 0.1) is 6.42 Å². The lowest BCUT2D eigenvalue weighted by Gasteiger charge is -2.40. The summed E-state index contributed by atoms with van der Waals surface area (Å²) < 4.78 is 11.0. The lowest BCUT2D eigenvalue weighted by Crippen LogP contribution is -2.46. The van der Waals surface area contributed by atoms with Gasteiger partial charge in [0, 0.05) is 38.2 Å². The van der Waals surface area contributed by atoms with Crippen molar-refractivity contribution in [1.29, 1.82) is 0 Å². The van der Waals surface area contributed by atoms with Gasteiger partial charge < -0.3 is 24.6 Å². The lowest BCUT2D eigenvalue weighted by molar-refractivity contribution is -0.140. The van der Waals surface area contributed by atoms with Crippen LogP contribution in [0.4, 0.5) is 10.6 Å². The number of nitrogens with one attached hydrogen (secondary N) is 1. The number of pyridine rings is 1. The molecule has 2 N–H and O–H groups in total. The monoisotopic (exact) mass is 499 g/mol. The molecule has 1 amide bonds. The summed E-state index contributed by atoms with van der Waals surface area (Å²) in [5.41, 5.74) is 1.22. The van der Waals surface area contributed by atoms with E-state index in [9.17, 15) is 14.7 Å². The van der Waals surface area contributed by atoms with Crippen molar-refractivity contribution < 1.29 is 24.0 Å². The zero-order valence-electron chi connectivity index (χ0n) is 21.5. The molecule has 10 nitrogen and oxygen atoms in total. The van der Waals surface area contributed by atoms with Crippen LogP contribution in [0.1, 0.15) is 75.8 Å². The first-order valence-corrected chi connectivity index (χ1v) is 12.8. The smallest absolute Gasteiger partial charge is 0.410 e. The largest absolute Gasteiger partial charge is 0.481 e. The Morgan fingerprint density at radius 1 is 1.19 bits per heavy atom. The fraction of sp³-hybridized carbons (Fsp3) is 0.654. The number of anilines is 1. The maximum atomic E-state index is 12.4. The Bertz CT molecular complexity index is 1070. The predicted octanol–water partition coefficient (Wildman–Crippen LogP) is 4.03. The molecule has 36 heavy (non-hydrogen) atoms. The second kappa shape index (κ2) is 10.8. The number of carbonyl (C=O) groups is 2. The van der Waals surface area contributed by atoms with Crippen LogP contribution < -0.4 is 5.32 Å². The summed E-state index contributed by atoms with van der Waals surface area (Å²) in [7, 11) is 0. The highest BCUT2D eigenvalue weighted by Gasteiger charge is 2.40. The summed E-state index contributed by atoms with van der Waals surface area (Å²) in [5.74, 6) is 1.21. The number of fused-ring (bicyclic) bond motifs is 1. The molecule has 0 radical (unpaired) electrons. The Morgan fingerprint density at radius 2 is 1.97 bits per heavy atom. The third-order valence-electron chi connectivity index (χ3n) is 6.82. The number of amides is 1. The summed E-state index contributed by atoms with van der Waals surface area (Å²) in [5, 5.41) is 17.1. The number of ether oxygens (including phenoxy) is 1. The van der Waals surface area contributed by atoms with E-state index in [1.165, 1.54) is 5.56 Å². The first kappa shape index (κ1) is 25.9. The summed E-state index contributed by atoms with van der Waals surface area (Å²) in [6.45, 7) is 7.33. The molecule has 2 aromatic heterocycles. The van der Waals surface area contributed by atoms with E-state index < -0.39 is 17.0 Å². The molecule has 1 saturated heterocycles. The van der Waals surface area contributed by atoms with Gasteiger partial charge in [-0.3, -0.25) is 4.79 Å². The number of rotatable bonds is 8. The van der Waals surface area contributed by atoms with Crippen molar-refractivity contribution in [2.45, 2.75) is 84.2 Å². The van der Waals surface area contributed by atoms with Gasteiger partial charge in [-0.05, 0) is 76.3 Å². The van der Waals surface area contributed by atoms with E-state index in [4.69, 9.17) is 14.2 Å². The van der Waals surface area contributed by atoms with E-state index >= 15 is 0 Å². The highest BCUT2D eigenvalue weighted by molar-refractivity contribution is 5.69. The van der Waals surface area contributed by atoms with Crippen LogP contribution in [0.25, 0.3) is 0 Å². The van der Waals surface area contributed by atoms with Gasteiger partial charge in [0.1, 0.15) is 11.4 Å². The van der Waals surface area contributed by atoms with Gasteiger partial charge in [-0.1, -0.05) is 11.2 Å². The van der Waals surface area contributed by atoms with Crippen molar-refractivity contribution in [1.82, 2.24) is 20.0 Å². The van der Waals surface area contributed by atoms with Crippen LogP contribution in [-0.2, 0) is 35.2 Å². The number of piperidine rings is 1. The molecule has 0 atom stereocenters. The molecular formula is C26H37N5O5. The summed E-state index contributed by atoms with van der Waals surface area (Å²) in [4.78, 5) is 35.0. The maximum Gasteiger partial charge on any atom is 0.410 e. The minimum Gasteiger partial charge on any atom is -0.481 e. The van der Waals surface area contributed by atoms with Crippen LogP contribution in [0, 0.1) is 5.41 Å². The first-order chi connectivity index (χ1) is 17.1. The Labute approximate surface area is 211 Å². The third kappa shape index (κ3) is 6.95. The molecule has 1 fully saturated rings. The summed E-state index contributed by atoms with van der Waals surface area (Å²) >= 11 is 0. The van der Waals surface area contributed by atoms with Crippen LogP contribution in [0.15, 0.2) is 16.7 Å². The molecule has 2 aliphatic heterocycles. The Balaban J connectivity index is 1.31. The maximum absolute atomic E-state index is 12.4. The molecule has 0 aromatic carbocycles. The van der Waals surface area contributed by atoms with Crippen molar-refractivity contribution in [3.63, 3.8) is 0 Å². The fourth-order valence-corrected chi connectivity index (χ4v) is 4.95. The van der Waals surface area contributed by atoms with Crippen molar-refractivity contribution >= 4 is 17.9 Å². The van der Waals surface area contributed by atoms with Gasteiger partial charge >= 0.3 is 12.1 Å². The molecule has 0 unspecified atom stereocenters. The molecular weight excluding hydrogens is 462 g/mol. The number of hydrogen-bond donors (Lipinski definition) is 2. The van der Waals surface area contributed by atoms with Gasteiger partial charge in [0.25, 0.3) is 0 Å². The first-order valence-electron chi connectivity index (χ1n) is 12.8. The van der Waals surface area contributed by atoms with Crippen LogP contribution in [0.3, 0.4) is 0 Å². The average Bonchev–Trinajstić information content (AvgIpc) is 3.24. The SMILES string of the molecule is CC(C)(C)OC(=O)N1CCC(CC(=O)O)(Cc2nc(CCCc3ccc4c(n3)NCCC4)no2)CC1. The van der Waals surface area contributed by atoms with Crippen LogP contribution in [0.2, 0.25) is 0 Å². The van der Waals surface area contributed by atoms with E-state index in [1.54, 1.807) is 4.90 Å². The minimum absolute atomic E-state index is 0.00902. The molecule has 0 saturated carbocycles. The van der Waals surface area contributed by atoms with E-state index in [-0.39, 0.29) is 12.5 Å². The Hall–Kier alpha value is -3.17. The van der Waals surface area contributed by atoms with Gasteiger partial charge in [-0.2, -0.15) is 4.98 Å². The normalized spacial score (nSPS) is 17.2. The fourth-order valence-electron chi connectivity index (χ4n) is 4.95. The zero-order valence-corrected chi connectivity index (χ0v) is 21.5. The minimum atomic E-state index is -0.868. The van der Waals surface area contributed by atoms with Crippen molar-refractivity contribution in [3.05, 3.63) is 35.1 Å². The topological polar surface area (TPSA) is 131 Å². The molecule has 196 valence electrons. The van der Waals surface area contributed by atoms with Crippen LogP contribution in [0.5, 0.6) is 0 Å². The van der Waals surface area contributed by atoms with E-state index in [0.717, 1.165) is 43.7 Å². The number of aliphatic carboxylic acids is 1. The molecule has 10 heteroatoms. The molecule has 0 bridgehead atoms. The van der Waals surface area contributed by atoms with Crippen molar-refractivity contribution in [2.75, 3.05) is 25.0 Å². The second-order valence-electron chi connectivity index (χ2n) is 11.0. The van der Waals surface area contributed by atoms with Crippen LogP contribution in [-0.4, -0.2) is 62.4 Å². The standard InChI is InChI=1S/C26H37N5O5/c1-25(2,3)35-24(34)31-14-11-26(12-15-31,17-22(32)33)16-21-29-20(30-36-21)8-4-7-19-10-9-18-6-5-13-27-23(18)28-19/h9-10H,4-8,11-17H2,1-3H3,(H,27,28)(H,32,33). The average molecular weight is 500 g/mol. The van der Waals surface area contributed by atoms with Gasteiger partial charge in [0.2, 0.25) is 5.89 Å². The second-order valence-corrected chi connectivity index (χ2v) is 11.0. The van der Waals surface area contributed by atoms with E-state index in [2.05, 4.69) is 27.6 Å². The number of carboxylic acid groups (broad SMARTS) is 1. The van der Waals surface area contributed by atoms with E-state index in [0.29, 0.717) is 50.5 Å². The number of carbonyl (C=O) groups excluding carboxylic acids is 1. The molecule has 2 aromatic rings. The number of likely N-dealkylation sites (tertiary alicyclic amines) is 1. The number of nitrogens with zero attached hydrogens (tertiary/aromatic N) is 4. The van der Waals surface area contributed by atoms with Crippen molar-refractivity contribution in [3.8, 4) is 0 Å². The van der Waals surface area contributed by atoms with Gasteiger partial charge in [0.15, 0.2) is 5.82 Å².